The van der Waals surface area contributed by atoms with Crippen LogP contribution in [0.2, 0.25) is 0 Å². The zero-order valence-electron chi connectivity index (χ0n) is 16.0. The summed E-state index contributed by atoms with van der Waals surface area (Å²) < 4.78 is 18.1. The lowest BCUT2D eigenvalue weighted by Gasteiger charge is -2.36. The highest BCUT2D eigenvalue weighted by atomic mass is 16.5. The van der Waals surface area contributed by atoms with Crippen LogP contribution in [-0.4, -0.2) is 34.8 Å². The van der Waals surface area contributed by atoms with E-state index >= 15 is 0 Å². The quantitative estimate of drug-likeness (QED) is 0.729. The van der Waals surface area contributed by atoms with Crippen molar-refractivity contribution < 1.29 is 18.7 Å². The number of allylic oxidation sites excluding steroid dienone is 2. The van der Waals surface area contributed by atoms with E-state index in [-0.39, 0.29) is 17.7 Å². The summed E-state index contributed by atoms with van der Waals surface area (Å²) in [7, 11) is 3.21. The summed E-state index contributed by atoms with van der Waals surface area (Å²) in [6.07, 6.45) is 5.57. The Hall–Kier alpha value is -3.55. The standard InChI is InChI=1S/C21H20N4O4/c1-27-16-6-5-12(10-18(16)28-2)13-8-14-19(15(26)9-13)20(17-4-3-7-29-17)25-21(24-14)22-11-23-25/h3-8,10-11,13,19-20H,9H2,1-2H3,(H,22,23,24)/t13-,19+,20+/m1/s1. The van der Waals surface area contributed by atoms with Crippen molar-refractivity contribution in [1.82, 2.24) is 14.8 Å². The molecule has 1 aliphatic carbocycles. The van der Waals surface area contributed by atoms with Crippen LogP contribution in [0.1, 0.15) is 29.7 Å². The molecule has 3 heterocycles. The van der Waals surface area contributed by atoms with Crippen LogP contribution in [0.15, 0.2) is 59.1 Å². The smallest absolute Gasteiger partial charge is 0.226 e. The highest BCUT2D eigenvalue weighted by Gasteiger charge is 2.44. The molecule has 1 aliphatic heterocycles. The average molecular weight is 392 g/mol. The van der Waals surface area contributed by atoms with Crippen LogP contribution >= 0.6 is 0 Å². The molecule has 3 aromatic rings. The molecule has 0 bridgehead atoms. The van der Waals surface area contributed by atoms with Gasteiger partial charge in [-0.15, -0.1) is 0 Å². The third kappa shape index (κ3) is 2.79. The molecule has 0 fully saturated rings. The van der Waals surface area contributed by atoms with Gasteiger partial charge in [0, 0.05) is 18.0 Å². The molecule has 0 saturated heterocycles. The fraction of sp³-hybridized carbons (Fsp3) is 0.286. The molecule has 1 N–H and O–H groups in total. The number of fused-ring (bicyclic) bond motifs is 2. The molecule has 8 nitrogen and oxygen atoms in total. The normalized spacial score (nSPS) is 22.9. The number of rotatable bonds is 4. The van der Waals surface area contributed by atoms with Crippen molar-refractivity contribution in [2.24, 2.45) is 5.92 Å². The number of anilines is 1. The molecule has 0 radical (unpaired) electrons. The van der Waals surface area contributed by atoms with E-state index in [1.807, 2.05) is 30.3 Å². The highest BCUT2D eigenvalue weighted by Crippen LogP contribution is 2.44. The summed E-state index contributed by atoms with van der Waals surface area (Å²) in [4.78, 5) is 17.6. The van der Waals surface area contributed by atoms with E-state index in [1.165, 1.54) is 6.33 Å². The summed E-state index contributed by atoms with van der Waals surface area (Å²) in [5.41, 5.74) is 1.81. The molecule has 2 aromatic heterocycles. The summed E-state index contributed by atoms with van der Waals surface area (Å²) in [5, 5.41) is 7.60. The van der Waals surface area contributed by atoms with Gasteiger partial charge >= 0.3 is 0 Å². The zero-order chi connectivity index (χ0) is 20.0. The van der Waals surface area contributed by atoms with Gasteiger partial charge in [-0.2, -0.15) is 10.1 Å². The molecule has 0 spiro atoms. The number of Topliss-reactive ketones (excluding diaryl/α,β-unsaturated/α-hetero) is 1. The first-order chi connectivity index (χ1) is 14.2. The number of hydrogen-bond donors (Lipinski definition) is 1. The van der Waals surface area contributed by atoms with Gasteiger partial charge in [0.1, 0.15) is 23.9 Å². The number of nitrogens with one attached hydrogen (secondary N) is 1. The second-order valence-corrected chi connectivity index (χ2v) is 7.10. The van der Waals surface area contributed by atoms with Crippen molar-refractivity contribution in [3.8, 4) is 11.5 Å². The molecule has 5 rings (SSSR count). The number of carbonyl (C=O) groups is 1. The van der Waals surface area contributed by atoms with Crippen LogP contribution in [0.5, 0.6) is 11.5 Å². The van der Waals surface area contributed by atoms with Gasteiger partial charge in [0.15, 0.2) is 11.5 Å². The largest absolute Gasteiger partial charge is 0.493 e. The van der Waals surface area contributed by atoms with E-state index in [1.54, 1.807) is 25.2 Å². The summed E-state index contributed by atoms with van der Waals surface area (Å²) in [6.45, 7) is 0. The van der Waals surface area contributed by atoms with Crippen molar-refractivity contribution in [3.63, 3.8) is 0 Å². The number of nitrogens with zero attached hydrogens (tertiary/aromatic N) is 3. The Kier molecular flexibility index (Phi) is 4.12. The Morgan fingerprint density at radius 1 is 1.21 bits per heavy atom. The van der Waals surface area contributed by atoms with Gasteiger partial charge in [-0.25, -0.2) is 4.68 Å². The molecule has 8 heteroatoms. The fourth-order valence-electron chi connectivity index (χ4n) is 4.22. The van der Waals surface area contributed by atoms with Crippen molar-refractivity contribution in [2.45, 2.75) is 18.4 Å². The van der Waals surface area contributed by atoms with Crippen LogP contribution in [0.25, 0.3) is 0 Å². The Labute approximate surface area is 167 Å². The summed E-state index contributed by atoms with van der Waals surface area (Å²) in [6, 6.07) is 9.08. The number of ketones is 1. The van der Waals surface area contributed by atoms with Gasteiger partial charge in [-0.05, 0) is 29.8 Å². The first kappa shape index (κ1) is 17.5. The Morgan fingerprint density at radius 3 is 2.83 bits per heavy atom. The topological polar surface area (TPSA) is 91.4 Å². The SMILES string of the molecule is COc1ccc([C@@H]2C=C3Nc4ncnn4[C@@H](c4ccco4)[C@@H]3C(=O)C2)cc1OC. The molecule has 3 atom stereocenters. The van der Waals surface area contributed by atoms with Crippen LogP contribution in [0.3, 0.4) is 0 Å². The molecular formula is C21H20N4O4. The Morgan fingerprint density at radius 2 is 2.07 bits per heavy atom. The fourth-order valence-corrected chi connectivity index (χ4v) is 4.22. The monoisotopic (exact) mass is 392 g/mol. The van der Waals surface area contributed by atoms with Crippen LogP contribution in [0, 0.1) is 5.92 Å². The van der Waals surface area contributed by atoms with E-state index < -0.39 is 5.92 Å². The maximum atomic E-state index is 13.3. The summed E-state index contributed by atoms with van der Waals surface area (Å²) in [5.74, 6) is 2.23. The first-order valence-corrected chi connectivity index (χ1v) is 9.36. The number of benzene rings is 1. The number of furan rings is 1. The van der Waals surface area contributed by atoms with Gasteiger partial charge in [0.05, 0.1) is 26.4 Å². The molecule has 29 heavy (non-hydrogen) atoms. The lowest BCUT2D eigenvalue weighted by Crippen LogP contribution is -2.39. The van der Waals surface area contributed by atoms with Gasteiger partial charge in [-0.1, -0.05) is 12.1 Å². The number of aromatic nitrogens is 3. The minimum Gasteiger partial charge on any atom is -0.493 e. The van der Waals surface area contributed by atoms with Crippen LogP contribution in [0.4, 0.5) is 5.95 Å². The highest BCUT2D eigenvalue weighted by molar-refractivity contribution is 5.88. The first-order valence-electron chi connectivity index (χ1n) is 9.36. The van der Waals surface area contributed by atoms with E-state index in [0.717, 1.165) is 11.3 Å². The second kappa shape index (κ2) is 6.80. The molecule has 0 saturated carbocycles. The van der Waals surface area contributed by atoms with Gasteiger partial charge < -0.3 is 19.2 Å². The number of ether oxygens (including phenoxy) is 2. The number of carbonyl (C=O) groups excluding carboxylic acids is 1. The molecule has 2 aliphatic rings. The summed E-state index contributed by atoms with van der Waals surface area (Å²) >= 11 is 0. The molecule has 148 valence electrons. The van der Waals surface area contributed by atoms with E-state index in [4.69, 9.17) is 13.9 Å². The lowest BCUT2D eigenvalue weighted by molar-refractivity contribution is -0.123. The van der Waals surface area contributed by atoms with Crippen molar-refractivity contribution in [1.29, 1.82) is 0 Å². The van der Waals surface area contributed by atoms with Crippen molar-refractivity contribution in [3.05, 3.63) is 66.0 Å². The van der Waals surface area contributed by atoms with E-state index in [9.17, 15) is 4.79 Å². The Balaban J connectivity index is 1.57. The maximum Gasteiger partial charge on any atom is 0.226 e. The van der Waals surface area contributed by atoms with Crippen molar-refractivity contribution in [2.75, 3.05) is 19.5 Å². The minimum atomic E-state index is -0.397. The second-order valence-electron chi connectivity index (χ2n) is 7.10. The Bertz CT molecular complexity index is 1090. The van der Waals surface area contributed by atoms with Gasteiger partial charge in [0.2, 0.25) is 5.95 Å². The van der Waals surface area contributed by atoms with Crippen molar-refractivity contribution >= 4 is 11.7 Å². The van der Waals surface area contributed by atoms with Crippen LogP contribution < -0.4 is 14.8 Å². The third-order valence-electron chi connectivity index (χ3n) is 5.56. The molecule has 1 aromatic carbocycles. The number of methoxy groups -OCH3 is 2. The van der Waals surface area contributed by atoms with Gasteiger partial charge in [-0.3, -0.25) is 4.79 Å². The maximum absolute atomic E-state index is 13.3. The lowest BCUT2D eigenvalue weighted by atomic mass is 9.77. The molecule has 0 unspecified atom stereocenters. The zero-order valence-corrected chi connectivity index (χ0v) is 16.0. The average Bonchev–Trinajstić information content (AvgIpc) is 3.43. The van der Waals surface area contributed by atoms with E-state index in [0.29, 0.717) is 29.6 Å². The van der Waals surface area contributed by atoms with Crippen LogP contribution in [-0.2, 0) is 4.79 Å². The minimum absolute atomic E-state index is 0.0761. The predicted octanol–water partition coefficient (Wildman–Crippen LogP) is 3.16. The molecular weight excluding hydrogens is 372 g/mol. The van der Waals surface area contributed by atoms with E-state index in [2.05, 4.69) is 21.5 Å². The third-order valence-corrected chi connectivity index (χ3v) is 5.56. The predicted molar refractivity (Wildman–Crippen MR) is 104 cm³/mol. The van der Waals surface area contributed by atoms with Gasteiger partial charge in [0.25, 0.3) is 0 Å². The molecule has 0 amide bonds. The number of hydrogen-bond acceptors (Lipinski definition) is 7.